The Bertz CT molecular complexity index is 907. The Hall–Kier alpha value is -3.22. The monoisotopic (exact) mass is 444 g/mol. The molecule has 0 saturated carbocycles. The van der Waals surface area contributed by atoms with E-state index < -0.39 is 6.10 Å². The van der Waals surface area contributed by atoms with Crippen LogP contribution in [-0.4, -0.2) is 35.2 Å². The van der Waals surface area contributed by atoms with Gasteiger partial charge in [-0.1, -0.05) is 25.8 Å². The summed E-state index contributed by atoms with van der Waals surface area (Å²) in [5.74, 6) is 0.307. The van der Waals surface area contributed by atoms with E-state index in [2.05, 4.69) is 6.92 Å². The second-order valence-corrected chi connectivity index (χ2v) is 7.72. The Labute approximate surface area is 188 Å². The highest BCUT2D eigenvalue weighted by Crippen LogP contribution is 2.41. The number of rotatable bonds is 13. The third-order valence-corrected chi connectivity index (χ3v) is 4.96. The lowest BCUT2D eigenvalue weighted by Gasteiger charge is -2.16. The van der Waals surface area contributed by atoms with E-state index in [9.17, 15) is 19.8 Å². The summed E-state index contributed by atoms with van der Waals surface area (Å²) in [6.07, 6.45) is 4.11. The van der Waals surface area contributed by atoms with Gasteiger partial charge < -0.3 is 24.4 Å². The first kappa shape index (κ1) is 25.0. The minimum absolute atomic E-state index is 0.00806. The fraction of sp³-hybridized carbons (Fsp3) is 0.440. The molecule has 7 heteroatoms. The number of hydrogen-bond donors (Lipinski definition) is 2. The van der Waals surface area contributed by atoms with E-state index in [0.29, 0.717) is 29.9 Å². The Morgan fingerprint density at radius 1 is 1.09 bits per heavy atom. The van der Waals surface area contributed by atoms with Crippen LogP contribution in [0.4, 0.5) is 0 Å². The lowest BCUT2D eigenvalue weighted by molar-refractivity contribution is -0.148. The molecule has 2 rings (SSSR count). The van der Waals surface area contributed by atoms with Crippen LogP contribution in [0.2, 0.25) is 0 Å². The zero-order chi connectivity index (χ0) is 23.5. The molecular weight excluding hydrogens is 412 g/mol. The van der Waals surface area contributed by atoms with Crippen molar-refractivity contribution in [2.24, 2.45) is 0 Å². The molecule has 2 aromatic rings. The van der Waals surface area contributed by atoms with Crippen LogP contribution in [0.15, 0.2) is 36.4 Å². The van der Waals surface area contributed by atoms with Gasteiger partial charge in [-0.15, -0.1) is 0 Å². The molecule has 0 fully saturated rings. The van der Waals surface area contributed by atoms with Crippen LogP contribution < -0.4 is 9.47 Å². The average Bonchev–Trinajstić information content (AvgIpc) is 2.73. The van der Waals surface area contributed by atoms with Gasteiger partial charge in [0, 0.05) is 25.8 Å². The summed E-state index contributed by atoms with van der Waals surface area (Å²) < 4.78 is 16.3. The number of carbonyl (C=O) groups is 2. The highest BCUT2D eigenvalue weighted by Gasteiger charge is 2.18. The highest BCUT2D eigenvalue weighted by molar-refractivity contribution is 5.79. The molecule has 0 heterocycles. The third-order valence-electron chi connectivity index (χ3n) is 4.96. The van der Waals surface area contributed by atoms with E-state index in [1.165, 1.54) is 32.2 Å². The summed E-state index contributed by atoms with van der Waals surface area (Å²) >= 11 is 0. The molecule has 7 nitrogen and oxygen atoms in total. The lowest BCUT2D eigenvalue weighted by atomic mass is 10.0. The maximum absolute atomic E-state index is 12.5. The number of Topliss-reactive ketones (excluding diaryl/α,β-unsaturated/α-hetero) is 1. The number of unbranched alkanes of at least 4 members (excludes halogenated alkanes) is 2. The van der Waals surface area contributed by atoms with Crippen molar-refractivity contribution in [1.29, 1.82) is 0 Å². The smallest absolute Gasteiger partial charge is 0.302 e. The number of phenols is 2. The van der Waals surface area contributed by atoms with E-state index in [1.807, 2.05) is 0 Å². The molecule has 0 aromatic heterocycles. The SMILES string of the molecule is CCCCC[C@H](CC(=O)CCc1cc(O)c(Oc2cccc(O)c2)c(OC)c1)OC(C)=O. The fourth-order valence-electron chi connectivity index (χ4n) is 3.41. The number of ether oxygens (including phenoxy) is 3. The Balaban J connectivity index is 2.01. The van der Waals surface area contributed by atoms with Crippen molar-refractivity contribution < 1.29 is 34.0 Å². The van der Waals surface area contributed by atoms with E-state index in [4.69, 9.17) is 14.2 Å². The quantitative estimate of drug-likeness (QED) is 0.319. The fourth-order valence-corrected chi connectivity index (χ4v) is 3.41. The molecule has 2 aromatic carbocycles. The first-order valence-electron chi connectivity index (χ1n) is 10.9. The van der Waals surface area contributed by atoms with Gasteiger partial charge in [-0.05, 0) is 49.1 Å². The maximum atomic E-state index is 12.5. The van der Waals surface area contributed by atoms with E-state index in [-0.39, 0.29) is 41.8 Å². The lowest BCUT2D eigenvalue weighted by Crippen LogP contribution is -2.20. The molecule has 0 bridgehead atoms. The van der Waals surface area contributed by atoms with Crippen molar-refractivity contribution in [3.8, 4) is 28.7 Å². The van der Waals surface area contributed by atoms with Gasteiger partial charge in [0.25, 0.3) is 0 Å². The average molecular weight is 445 g/mol. The van der Waals surface area contributed by atoms with Gasteiger partial charge in [0.1, 0.15) is 23.4 Å². The van der Waals surface area contributed by atoms with Gasteiger partial charge in [-0.25, -0.2) is 0 Å². The first-order chi connectivity index (χ1) is 15.3. The number of phenolic OH excluding ortho intramolecular Hbond substituents is 2. The summed E-state index contributed by atoms with van der Waals surface area (Å²) in [6, 6.07) is 9.44. The van der Waals surface area contributed by atoms with Gasteiger partial charge in [0.15, 0.2) is 11.5 Å². The summed E-state index contributed by atoms with van der Waals surface area (Å²) in [6.45, 7) is 3.45. The zero-order valence-electron chi connectivity index (χ0n) is 18.9. The topological polar surface area (TPSA) is 102 Å². The molecule has 0 radical (unpaired) electrons. The summed E-state index contributed by atoms with van der Waals surface area (Å²) in [5.41, 5.74) is 0.714. The molecule has 174 valence electrons. The second-order valence-electron chi connectivity index (χ2n) is 7.72. The molecule has 0 aliphatic heterocycles. The maximum Gasteiger partial charge on any atom is 0.302 e. The molecule has 0 saturated heterocycles. The van der Waals surface area contributed by atoms with Crippen LogP contribution in [0.1, 0.15) is 57.9 Å². The first-order valence-corrected chi connectivity index (χ1v) is 10.9. The van der Waals surface area contributed by atoms with Crippen LogP contribution >= 0.6 is 0 Å². The standard InChI is InChI=1S/C25H32O7/c1-4-5-6-9-21(31-17(2)26)16-20(28)12-11-18-13-23(29)25(24(14-18)30-3)32-22-10-7-8-19(27)15-22/h7-8,10,13-15,21,27,29H,4-6,9,11-12,16H2,1-3H3/t21-/m1/s1. The van der Waals surface area contributed by atoms with Gasteiger partial charge in [-0.2, -0.15) is 0 Å². The van der Waals surface area contributed by atoms with Crippen molar-refractivity contribution in [2.75, 3.05) is 7.11 Å². The van der Waals surface area contributed by atoms with E-state index >= 15 is 0 Å². The number of benzene rings is 2. The Kier molecular flexibility index (Phi) is 9.85. The number of carbonyl (C=O) groups excluding carboxylic acids is 2. The number of hydrogen-bond acceptors (Lipinski definition) is 7. The molecule has 0 spiro atoms. The van der Waals surface area contributed by atoms with Crippen LogP contribution in [0.5, 0.6) is 28.7 Å². The van der Waals surface area contributed by atoms with Gasteiger partial charge >= 0.3 is 5.97 Å². The van der Waals surface area contributed by atoms with Gasteiger partial charge in [0.2, 0.25) is 5.75 Å². The van der Waals surface area contributed by atoms with Crippen LogP contribution in [0.3, 0.4) is 0 Å². The zero-order valence-corrected chi connectivity index (χ0v) is 18.9. The number of aryl methyl sites for hydroxylation is 1. The Morgan fingerprint density at radius 3 is 2.53 bits per heavy atom. The van der Waals surface area contributed by atoms with Gasteiger partial charge in [-0.3, -0.25) is 9.59 Å². The number of ketones is 1. The molecule has 1 atom stereocenters. The summed E-state index contributed by atoms with van der Waals surface area (Å²) in [4.78, 5) is 23.8. The molecular formula is C25H32O7. The van der Waals surface area contributed by atoms with Crippen molar-refractivity contribution in [3.63, 3.8) is 0 Å². The molecule has 0 aliphatic rings. The molecule has 2 N–H and O–H groups in total. The largest absolute Gasteiger partial charge is 0.508 e. The number of methoxy groups -OCH3 is 1. The van der Waals surface area contributed by atoms with Crippen molar-refractivity contribution in [3.05, 3.63) is 42.0 Å². The van der Waals surface area contributed by atoms with Crippen molar-refractivity contribution >= 4 is 11.8 Å². The predicted octanol–water partition coefficient (Wildman–Crippen LogP) is 5.30. The van der Waals surface area contributed by atoms with E-state index in [0.717, 1.165) is 19.3 Å². The van der Waals surface area contributed by atoms with Crippen LogP contribution in [0, 0.1) is 0 Å². The number of aromatic hydroxyl groups is 2. The van der Waals surface area contributed by atoms with Crippen molar-refractivity contribution in [2.45, 2.75) is 64.9 Å². The molecule has 32 heavy (non-hydrogen) atoms. The van der Waals surface area contributed by atoms with Crippen LogP contribution in [-0.2, 0) is 20.7 Å². The molecule has 0 aliphatic carbocycles. The van der Waals surface area contributed by atoms with E-state index in [1.54, 1.807) is 18.2 Å². The normalized spacial score (nSPS) is 11.6. The van der Waals surface area contributed by atoms with Crippen molar-refractivity contribution in [1.82, 2.24) is 0 Å². The minimum Gasteiger partial charge on any atom is -0.508 e. The highest BCUT2D eigenvalue weighted by atomic mass is 16.5. The van der Waals surface area contributed by atoms with Gasteiger partial charge in [0.05, 0.1) is 7.11 Å². The summed E-state index contributed by atoms with van der Waals surface area (Å²) in [5, 5.41) is 20.0. The second kappa shape index (κ2) is 12.6. The van der Waals surface area contributed by atoms with Crippen LogP contribution in [0.25, 0.3) is 0 Å². The summed E-state index contributed by atoms with van der Waals surface area (Å²) in [7, 11) is 1.46. The predicted molar refractivity (Wildman–Crippen MR) is 120 cm³/mol. The third kappa shape index (κ3) is 8.13. The molecule has 0 amide bonds. The number of esters is 1. The minimum atomic E-state index is -0.396. The Morgan fingerprint density at radius 2 is 1.88 bits per heavy atom. The molecule has 0 unspecified atom stereocenters.